The summed E-state index contributed by atoms with van der Waals surface area (Å²) in [6.45, 7) is 2.36. The molecule has 3 aliphatic carbocycles. The molecule has 3 N–H and O–H groups in total. The number of carboxylic acids is 1. The first-order valence-electron chi connectivity index (χ1n) is 12.1. The summed E-state index contributed by atoms with van der Waals surface area (Å²) in [6, 6.07) is 5.95. The van der Waals surface area contributed by atoms with Crippen molar-refractivity contribution in [2.24, 2.45) is 17.3 Å². The first kappa shape index (κ1) is 21.7. The number of rotatable bonds is 8. The average Bonchev–Trinajstić information content (AvgIpc) is 2.98. The average molecular weight is 415 g/mol. The van der Waals surface area contributed by atoms with Crippen molar-refractivity contribution in [3.8, 4) is 5.75 Å². The zero-order valence-electron chi connectivity index (χ0n) is 18.4. The maximum Gasteiger partial charge on any atom is 0.303 e. The van der Waals surface area contributed by atoms with Gasteiger partial charge in [0.1, 0.15) is 5.75 Å². The zero-order chi connectivity index (χ0) is 21.4. The minimum atomic E-state index is -0.702. The van der Waals surface area contributed by atoms with Crippen LogP contribution in [0.5, 0.6) is 5.75 Å². The van der Waals surface area contributed by atoms with E-state index in [9.17, 15) is 15.0 Å². The van der Waals surface area contributed by atoms with Crippen molar-refractivity contribution >= 4 is 5.97 Å². The summed E-state index contributed by atoms with van der Waals surface area (Å²) in [5.74, 6) is 1.52. The SMILES string of the molecule is C[C@]12CC[C@@H]3c4ccc(O)cc4CC[C@H]3[C@@H]1CCC2(O)CCCCCCCC(=O)O. The Morgan fingerprint density at radius 1 is 1.07 bits per heavy atom. The predicted octanol–water partition coefficient (Wildman–Crippen LogP) is 5.79. The van der Waals surface area contributed by atoms with Crippen LogP contribution in [-0.4, -0.2) is 26.9 Å². The van der Waals surface area contributed by atoms with E-state index in [1.54, 1.807) is 0 Å². The monoisotopic (exact) mass is 414 g/mol. The van der Waals surface area contributed by atoms with Crippen LogP contribution in [0.4, 0.5) is 0 Å². The number of aliphatic hydroxyl groups is 1. The lowest BCUT2D eigenvalue weighted by Crippen LogP contribution is -2.50. The number of hydrogen-bond acceptors (Lipinski definition) is 3. The number of aliphatic carboxylic acids is 1. The molecule has 0 bridgehead atoms. The van der Waals surface area contributed by atoms with Crippen LogP contribution in [0.3, 0.4) is 0 Å². The Balaban J connectivity index is 1.36. The molecule has 1 unspecified atom stereocenters. The van der Waals surface area contributed by atoms with Crippen molar-refractivity contribution in [3.05, 3.63) is 29.3 Å². The molecule has 0 radical (unpaired) electrons. The molecule has 4 heteroatoms. The molecule has 4 nitrogen and oxygen atoms in total. The first-order chi connectivity index (χ1) is 14.3. The van der Waals surface area contributed by atoms with Crippen LogP contribution >= 0.6 is 0 Å². The Labute approximate surface area is 180 Å². The Morgan fingerprint density at radius 2 is 1.83 bits per heavy atom. The molecule has 5 atom stereocenters. The quantitative estimate of drug-likeness (QED) is 0.470. The topological polar surface area (TPSA) is 77.8 Å². The van der Waals surface area contributed by atoms with E-state index < -0.39 is 11.6 Å². The minimum absolute atomic E-state index is 0.0197. The van der Waals surface area contributed by atoms with Gasteiger partial charge in [-0.05, 0) is 97.8 Å². The van der Waals surface area contributed by atoms with E-state index in [-0.39, 0.29) is 11.8 Å². The van der Waals surface area contributed by atoms with Crippen LogP contribution in [0.25, 0.3) is 0 Å². The lowest BCUT2D eigenvalue weighted by molar-refractivity contribution is -0.137. The number of aromatic hydroxyl groups is 1. The molecule has 0 spiro atoms. The van der Waals surface area contributed by atoms with Crippen molar-refractivity contribution in [1.82, 2.24) is 0 Å². The highest BCUT2D eigenvalue weighted by molar-refractivity contribution is 5.66. The molecule has 0 saturated heterocycles. The van der Waals surface area contributed by atoms with Gasteiger partial charge in [-0.1, -0.05) is 38.7 Å². The molecule has 2 fully saturated rings. The maximum atomic E-state index is 11.7. The Kier molecular flexibility index (Phi) is 6.16. The molecular formula is C26H38O4. The molecule has 0 amide bonds. The van der Waals surface area contributed by atoms with Gasteiger partial charge in [0.25, 0.3) is 0 Å². The zero-order valence-corrected chi connectivity index (χ0v) is 18.4. The van der Waals surface area contributed by atoms with Crippen molar-refractivity contribution in [2.75, 3.05) is 0 Å². The van der Waals surface area contributed by atoms with Crippen molar-refractivity contribution in [2.45, 2.75) is 102 Å². The molecule has 2 saturated carbocycles. The van der Waals surface area contributed by atoms with Gasteiger partial charge >= 0.3 is 5.97 Å². The van der Waals surface area contributed by atoms with Gasteiger partial charge in [-0.2, -0.15) is 0 Å². The highest BCUT2D eigenvalue weighted by atomic mass is 16.4. The van der Waals surface area contributed by atoms with Crippen LogP contribution in [-0.2, 0) is 11.2 Å². The molecule has 166 valence electrons. The molecule has 4 rings (SSSR count). The number of unbranched alkanes of at least 4 members (excludes halogenated alkanes) is 4. The summed E-state index contributed by atoms with van der Waals surface area (Å²) in [6.07, 6.45) is 12.6. The second kappa shape index (κ2) is 8.53. The van der Waals surface area contributed by atoms with Crippen molar-refractivity contribution < 1.29 is 20.1 Å². The van der Waals surface area contributed by atoms with E-state index in [0.717, 1.165) is 70.6 Å². The van der Waals surface area contributed by atoms with Gasteiger partial charge in [-0.3, -0.25) is 4.79 Å². The Morgan fingerprint density at radius 3 is 2.63 bits per heavy atom. The lowest BCUT2D eigenvalue weighted by atomic mass is 9.53. The third-order valence-electron chi connectivity index (χ3n) is 9.01. The molecule has 0 aliphatic heterocycles. The van der Waals surface area contributed by atoms with Gasteiger partial charge in [0, 0.05) is 6.42 Å². The van der Waals surface area contributed by atoms with Crippen LogP contribution in [0, 0.1) is 17.3 Å². The van der Waals surface area contributed by atoms with Gasteiger partial charge < -0.3 is 15.3 Å². The summed E-state index contributed by atoms with van der Waals surface area (Å²) < 4.78 is 0. The summed E-state index contributed by atoms with van der Waals surface area (Å²) in [4.78, 5) is 10.6. The van der Waals surface area contributed by atoms with E-state index in [0.29, 0.717) is 23.5 Å². The fourth-order valence-electron chi connectivity index (χ4n) is 7.31. The highest BCUT2D eigenvalue weighted by Crippen LogP contribution is 2.65. The Bertz CT molecular complexity index is 774. The first-order valence-corrected chi connectivity index (χ1v) is 12.1. The van der Waals surface area contributed by atoms with Gasteiger partial charge in [-0.25, -0.2) is 0 Å². The molecule has 0 heterocycles. The van der Waals surface area contributed by atoms with Crippen LogP contribution in [0.1, 0.15) is 101 Å². The fourth-order valence-corrected chi connectivity index (χ4v) is 7.31. The number of aryl methyl sites for hydroxylation is 1. The standard InChI is InChI=1S/C26H38O4/c1-25-15-12-21-20-11-9-19(27)17-18(20)8-10-22(21)23(25)13-16-26(25,30)14-6-4-2-3-5-7-24(28)29/h9,11,17,21-23,27,30H,2-8,10,12-16H2,1H3,(H,28,29)/t21-,22-,23+,25+,26?/m1/s1. The minimum Gasteiger partial charge on any atom is -0.508 e. The summed E-state index contributed by atoms with van der Waals surface area (Å²) >= 11 is 0. The van der Waals surface area contributed by atoms with E-state index >= 15 is 0 Å². The van der Waals surface area contributed by atoms with Crippen molar-refractivity contribution in [1.29, 1.82) is 0 Å². The summed E-state index contributed by atoms with van der Waals surface area (Å²) in [5.41, 5.74) is 2.25. The van der Waals surface area contributed by atoms with Crippen LogP contribution in [0.15, 0.2) is 18.2 Å². The number of phenolic OH excluding ortho intramolecular Hbond substituents is 1. The number of carbonyl (C=O) groups is 1. The number of hydrogen-bond donors (Lipinski definition) is 3. The molecular weight excluding hydrogens is 376 g/mol. The van der Waals surface area contributed by atoms with Gasteiger partial charge in [-0.15, -0.1) is 0 Å². The van der Waals surface area contributed by atoms with Crippen LogP contribution < -0.4 is 0 Å². The predicted molar refractivity (Wildman–Crippen MR) is 118 cm³/mol. The molecule has 1 aromatic rings. The van der Waals surface area contributed by atoms with Crippen molar-refractivity contribution in [3.63, 3.8) is 0 Å². The summed E-state index contributed by atoms with van der Waals surface area (Å²) in [7, 11) is 0. The second-order valence-electron chi connectivity index (χ2n) is 10.5. The molecule has 1 aromatic carbocycles. The summed E-state index contributed by atoms with van der Waals surface area (Å²) in [5, 5.41) is 30.3. The Hall–Kier alpha value is -1.55. The molecule has 0 aromatic heterocycles. The fraction of sp³-hybridized carbons (Fsp3) is 0.731. The normalized spacial score (nSPS) is 34.8. The second-order valence-corrected chi connectivity index (χ2v) is 10.5. The van der Waals surface area contributed by atoms with Crippen LogP contribution in [0.2, 0.25) is 0 Å². The molecule has 30 heavy (non-hydrogen) atoms. The van der Waals surface area contributed by atoms with Gasteiger partial charge in [0.2, 0.25) is 0 Å². The van der Waals surface area contributed by atoms with Gasteiger partial charge in [0.05, 0.1) is 5.60 Å². The number of carboxylic acid groups (broad SMARTS) is 1. The molecule has 3 aliphatic rings. The number of benzene rings is 1. The smallest absolute Gasteiger partial charge is 0.303 e. The third-order valence-corrected chi connectivity index (χ3v) is 9.01. The van der Waals surface area contributed by atoms with E-state index in [1.807, 2.05) is 12.1 Å². The van der Waals surface area contributed by atoms with Gasteiger partial charge in [0.15, 0.2) is 0 Å². The van der Waals surface area contributed by atoms with E-state index in [4.69, 9.17) is 5.11 Å². The highest BCUT2D eigenvalue weighted by Gasteiger charge is 2.60. The largest absolute Gasteiger partial charge is 0.508 e. The van der Waals surface area contributed by atoms with E-state index in [2.05, 4.69) is 13.0 Å². The third kappa shape index (κ3) is 3.88. The van der Waals surface area contributed by atoms with E-state index in [1.165, 1.54) is 17.5 Å². The maximum absolute atomic E-state index is 11.7. The lowest BCUT2D eigenvalue weighted by Gasteiger charge is -2.53. The number of phenols is 1. The number of fused-ring (bicyclic) bond motifs is 5.